The second-order valence-electron chi connectivity index (χ2n) is 6.36. The molecule has 0 aliphatic heterocycles. The van der Waals surface area contributed by atoms with Crippen molar-refractivity contribution in [1.82, 2.24) is 10.8 Å². The van der Waals surface area contributed by atoms with Crippen LogP contribution < -0.4 is 10.8 Å². The minimum absolute atomic E-state index is 0.138. The highest BCUT2D eigenvalue weighted by atomic mass is 32.2. The predicted molar refractivity (Wildman–Crippen MR) is 108 cm³/mol. The maximum atomic E-state index is 12.5. The molecule has 28 heavy (non-hydrogen) atoms. The number of rotatable bonds is 7. The number of hydrogen-bond acceptors (Lipinski definition) is 6. The molecule has 5 N–H and O–H groups in total. The van der Waals surface area contributed by atoms with Gasteiger partial charge in [-0.15, -0.1) is 0 Å². The lowest BCUT2D eigenvalue weighted by Crippen LogP contribution is -2.55. The summed E-state index contributed by atoms with van der Waals surface area (Å²) in [6.45, 7) is 3.23. The van der Waals surface area contributed by atoms with Crippen LogP contribution in [-0.2, 0) is 4.79 Å². The lowest BCUT2D eigenvalue weighted by atomic mass is 10.0. The molecular formula is C20H24N2O5S. The summed E-state index contributed by atoms with van der Waals surface area (Å²) in [5.74, 6) is 9.49. The summed E-state index contributed by atoms with van der Waals surface area (Å²) in [7, 11) is 0. The van der Waals surface area contributed by atoms with E-state index in [2.05, 4.69) is 29.0 Å². The number of carbonyl (C=O) groups excluding carboxylic acids is 2. The molecule has 0 aliphatic carbocycles. The van der Waals surface area contributed by atoms with Crippen molar-refractivity contribution in [2.75, 3.05) is 12.9 Å². The molecule has 0 aliphatic rings. The van der Waals surface area contributed by atoms with Gasteiger partial charge < -0.3 is 15.5 Å². The summed E-state index contributed by atoms with van der Waals surface area (Å²) in [5.41, 5.74) is 2.57. The van der Waals surface area contributed by atoms with Gasteiger partial charge >= 0.3 is 0 Å². The van der Waals surface area contributed by atoms with E-state index >= 15 is 0 Å². The fraction of sp³-hybridized carbons (Fsp3) is 0.400. The predicted octanol–water partition coefficient (Wildman–Crippen LogP) is 0.530. The standard InChI is InChI=1S/C20H24N2O5S/c1-20(2,28-3)17(19(26)22-27)21-18(25)15-11-9-14(10-12-15)7-5-4-6-8-16(24)13-23/h9-12,16-17,23-24,27H,8,13H2,1-3H3,(H,21,25)(H,22,26). The lowest BCUT2D eigenvalue weighted by Gasteiger charge is -2.31. The molecule has 0 aromatic heterocycles. The number of benzene rings is 1. The first kappa shape index (κ1) is 23.5. The van der Waals surface area contributed by atoms with Gasteiger partial charge in [-0.05, 0) is 56.2 Å². The molecule has 0 radical (unpaired) electrons. The Morgan fingerprint density at radius 3 is 2.39 bits per heavy atom. The minimum Gasteiger partial charge on any atom is -0.394 e. The Hall–Kier alpha value is -2.49. The van der Waals surface area contributed by atoms with Gasteiger partial charge in [-0.2, -0.15) is 11.8 Å². The zero-order chi connectivity index (χ0) is 21.2. The number of hydrogen-bond donors (Lipinski definition) is 5. The van der Waals surface area contributed by atoms with E-state index < -0.39 is 28.7 Å². The molecule has 0 spiro atoms. The van der Waals surface area contributed by atoms with Gasteiger partial charge in [0.15, 0.2) is 0 Å². The van der Waals surface area contributed by atoms with E-state index in [1.54, 1.807) is 43.6 Å². The van der Waals surface area contributed by atoms with Gasteiger partial charge in [0.25, 0.3) is 11.8 Å². The number of hydroxylamine groups is 1. The summed E-state index contributed by atoms with van der Waals surface area (Å²) in [5, 5.41) is 29.4. The molecule has 2 atom stereocenters. The number of carbonyl (C=O) groups is 2. The number of nitrogens with one attached hydrogen (secondary N) is 2. The highest BCUT2D eigenvalue weighted by Gasteiger charge is 2.36. The summed E-state index contributed by atoms with van der Waals surface area (Å²) in [6, 6.07) is 5.51. The molecule has 7 nitrogen and oxygen atoms in total. The Labute approximate surface area is 168 Å². The van der Waals surface area contributed by atoms with E-state index in [4.69, 9.17) is 15.4 Å². The Balaban J connectivity index is 2.82. The van der Waals surface area contributed by atoms with Crippen LogP contribution in [0.25, 0.3) is 0 Å². The smallest absolute Gasteiger partial charge is 0.267 e. The van der Waals surface area contributed by atoms with Gasteiger partial charge in [-0.3, -0.25) is 14.8 Å². The Morgan fingerprint density at radius 2 is 1.86 bits per heavy atom. The third-order valence-electron chi connectivity index (χ3n) is 3.92. The maximum absolute atomic E-state index is 12.5. The summed E-state index contributed by atoms with van der Waals surface area (Å²) >= 11 is 1.39. The van der Waals surface area contributed by atoms with Crippen molar-refractivity contribution in [3.8, 4) is 23.7 Å². The van der Waals surface area contributed by atoms with Crippen molar-refractivity contribution in [3.63, 3.8) is 0 Å². The van der Waals surface area contributed by atoms with Crippen LogP contribution >= 0.6 is 11.8 Å². The molecule has 150 valence electrons. The van der Waals surface area contributed by atoms with E-state index in [9.17, 15) is 9.59 Å². The second-order valence-corrected chi connectivity index (χ2v) is 7.82. The Bertz CT molecular complexity index is 800. The van der Waals surface area contributed by atoms with E-state index in [0.717, 1.165) is 0 Å². The summed E-state index contributed by atoms with van der Waals surface area (Å²) in [4.78, 5) is 24.4. The van der Waals surface area contributed by atoms with Gasteiger partial charge in [0.1, 0.15) is 6.04 Å². The van der Waals surface area contributed by atoms with E-state index in [-0.39, 0.29) is 13.0 Å². The van der Waals surface area contributed by atoms with Crippen LogP contribution in [0.15, 0.2) is 24.3 Å². The zero-order valence-corrected chi connectivity index (χ0v) is 16.8. The van der Waals surface area contributed by atoms with E-state index in [1.807, 2.05) is 6.26 Å². The highest BCUT2D eigenvalue weighted by molar-refractivity contribution is 8.00. The van der Waals surface area contributed by atoms with Gasteiger partial charge in [-0.1, -0.05) is 11.8 Å². The van der Waals surface area contributed by atoms with Crippen LogP contribution in [0, 0.1) is 23.7 Å². The molecule has 0 bridgehead atoms. The van der Waals surface area contributed by atoms with Crippen molar-refractivity contribution in [3.05, 3.63) is 35.4 Å². The van der Waals surface area contributed by atoms with Crippen molar-refractivity contribution in [2.24, 2.45) is 0 Å². The van der Waals surface area contributed by atoms with Gasteiger partial charge in [-0.25, -0.2) is 5.48 Å². The first-order valence-corrected chi connectivity index (χ1v) is 9.65. The van der Waals surface area contributed by atoms with Crippen molar-refractivity contribution < 1.29 is 25.0 Å². The Morgan fingerprint density at radius 1 is 1.21 bits per heavy atom. The van der Waals surface area contributed by atoms with Crippen molar-refractivity contribution in [2.45, 2.75) is 37.2 Å². The van der Waals surface area contributed by atoms with Crippen LogP contribution in [0.3, 0.4) is 0 Å². The molecule has 1 aromatic rings. The normalized spacial score (nSPS) is 12.5. The average molecular weight is 404 g/mol. The molecule has 0 fully saturated rings. The van der Waals surface area contributed by atoms with Crippen LogP contribution in [-0.4, -0.2) is 57.0 Å². The van der Waals surface area contributed by atoms with Crippen LogP contribution in [0.5, 0.6) is 0 Å². The highest BCUT2D eigenvalue weighted by Crippen LogP contribution is 2.26. The summed E-state index contributed by atoms with van der Waals surface area (Å²) in [6.07, 6.45) is 1.07. The number of thioether (sulfide) groups is 1. The molecule has 0 saturated heterocycles. The largest absolute Gasteiger partial charge is 0.394 e. The first-order valence-electron chi connectivity index (χ1n) is 8.43. The van der Waals surface area contributed by atoms with Crippen LogP contribution in [0.2, 0.25) is 0 Å². The second kappa shape index (κ2) is 11.4. The molecule has 0 saturated carbocycles. The van der Waals surface area contributed by atoms with Crippen LogP contribution in [0.4, 0.5) is 0 Å². The third kappa shape index (κ3) is 7.26. The SMILES string of the molecule is CSC(C)(C)C(NC(=O)c1ccc(C#CC#CCC(O)CO)cc1)C(=O)NO. The monoisotopic (exact) mass is 404 g/mol. The van der Waals surface area contributed by atoms with Gasteiger partial charge in [0, 0.05) is 22.3 Å². The quantitative estimate of drug-likeness (QED) is 0.257. The number of aliphatic hydroxyl groups excluding tert-OH is 2. The summed E-state index contributed by atoms with van der Waals surface area (Å²) < 4.78 is -0.629. The molecule has 2 unspecified atom stereocenters. The topological polar surface area (TPSA) is 119 Å². The fourth-order valence-corrected chi connectivity index (χ4v) is 2.44. The van der Waals surface area contributed by atoms with Crippen molar-refractivity contribution in [1.29, 1.82) is 0 Å². The molecular weight excluding hydrogens is 380 g/mol. The van der Waals surface area contributed by atoms with E-state index in [1.165, 1.54) is 11.8 Å². The molecule has 2 amide bonds. The van der Waals surface area contributed by atoms with Crippen LogP contribution in [0.1, 0.15) is 36.2 Å². The van der Waals surface area contributed by atoms with Crippen molar-refractivity contribution >= 4 is 23.6 Å². The third-order valence-corrected chi connectivity index (χ3v) is 5.21. The Kier molecular flexibility index (Phi) is 9.57. The average Bonchev–Trinajstić information content (AvgIpc) is 2.71. The zero-order valence-electron chi connectivity index (χ0n) is 15.9. The van der Waals surface area contributed by atoms with Gasteiger partial charge in [0.05, 0.1) is 12.7 Å². The maximum Gasteiger partial charge on any atom is 0.267 e. The fourth-order valence-electron chi connectivity index (χ4n) is 2.04. The van der Waals surface area contributed by atoms with E-state index in [0.29, 0.717) is 11.1 Å². The number of aliphatic hydroxyl groups is 2. The molecule has 1 aromatic carbocycles. The lowest BCUT2D eigenvalue weighted by molar-refractivity contribution is -0.131. The minimum atomic E-state index is -0.927. The molecule has 8 heteroatoms. The van der Waals surface area contributed by atoms with Gasteiger partial charge in [0.2, 0.25) is 0 Å². The first-order chi connectivity index (χ1) is 13.2. The molecule has 0 heterocycles. The number of amides is 2. The molecule has 1 rings (SSSR count).